The number of aromatic nitrogens is 2. The Morgan fingerprint density at radius 3 is 2.73 bits per heavy atom. The molecule has 0 radical (unpaired) electrons. The van der Waals surface area contributed by atoms with E-state index in [2.05, 4.69) is 15.0 Å². The van der Waals surface area contributed by atoms with Gasteiger partial charge in [-0.3, -0.25) is 4.98 Å². The molecule has 2 aliphatic rings. The summed E-state index contributed by atoms with van der Waals surface area (Å²) in [6.07, 6.45) is 5.23. The van der Waals surface area contributed by atoms with E-state index >= 15 is 0 Å². The van der Waals surface area contributed by atoms with Crippen LogP contribution in [0.2, 0.25) is 5.15 Å². The van der Waals surface area contributed by atoms with Crippen LogP contribution in [0.25, 0.3) is 11.1 Å². The Bertz CT molecular complexity index is 1050. The van der Waals surface area contributed by atoms with Crippen LogP contribution in [0.1, 0.15) is 11.1 Å². The fourth-order valence-corrected chi connectivity index (χ4v) is 3.58. The Labute approximate surface area is 154 Å². The highest BCUT2D eigenvalue weighted by Gasteiger charge is 2.47. The van der Waals surface area contributed by atoms with Crippen LogP contribution in [0.3, 0.4) is 0 Å². The highest BCUT2D eigenvalue weighted by molar-refractivity contribution is 6.29. The molecule has 5 rings (SSSR count). The minimum Gasteiger partial charge on any atom is -0.462 e. The van der Waals surface area contributed by atoms with E-state index in [1.807, 2.05) is 36.5 Å². The van der Waals surface area contributed by atoms with Crippen molar-refractivity contribution in [2.45, 2.75) is 5.54 Å². The van der Waals surface area contributed by atoms with E-state index in [1.165, 1.54) is 0 Å². The zero-order chi connectivity index (χ0) is 17.7. The summed E-state index contributed by atoms with van der Waals surface area (Å²) in [4.78, 5) is 13.0. The summed E-state index contributed by atoms with van der Waals surface area (Å²) >= 11 is 6.04. The minimum atomic E-state index is -0.803. The number of nitrogens with zero attached hydrogens (tertiary/aromatic N) is 3. The molecule has 0 aliphatic carbocycles. The molecule has 0 amide bonds. The van der Waals surface area contributed by atoms with Crippen LogP contribution in [0.4, 0.5) is 0 Å². The number of rotatable bonds is 1. The molecule has 1 unspecified atom stereocenters. The summed E-state index contributed by atoms with van der Waals surface area (Å²) in [6.45, 7) is 0.280. The second kappa shape index (κ2) is 5.44. The van der Waals surface area contributed by atoms with Gasteiger partial charge in [0.05, 0.1) is 0 Å². The van der Waals surface area contributed by atoms with Crippen molar-refractivity contribution < 1.29 is 9.47 Å². The quantitative estimate of drug-likeness (QED) is 0.668. The number of benzene rings is 1. The minimum absolute atomic E-state index is 0.144. The van der Waals surface area contributed by atoms with Gasteiger partial charge >= 0.3 is 0 Å². The molecule has 3 aromatic rings. The molecule has 0 saturated carbocycles. The van der Waals surface area contributed by atoms with Crippen molar-refractivity contribution in [2.75, 3.05) is 6.61 Å². The molecule has 7 heteroatoms. The highest BCUT2D eigenvalue weighted by atomic mass is 35.5. The van der Waals surface area contributed by atoms with Crippen LogP contribution in [0, 0.1) is 0 Å². The lowest BCUT2D eigenvalue weighted by molar-refractivity contribution is 0.264. The van der Waals surface area contributed by atoms with E-state index in [4.69, 9.17) is 26.8 Å². The molecule has 4 heterocycles. The number of amidine groups is 1. The molecule has 128 valence electrons. The van der Waals surface area contributed by atoms with Gasteiger partial charge in [-0.2, -0.15) is 0 Å². The number of pyridine rings is 2. The Kier molecular flexibility index (Phi) is 3.17. The van der Waals surface area contributed by atoms with Crippen LogP contribution in [0.15, 0.2) is 60.0 Å². The molecule has 6 nitrogen and oxygen atoms in total. The summed E-state index contributed by atoms with van der Waals surface area (Å²) in [5.41, 5.74) is 8.72. The van der Waals surface area contributed by atoms with E-state index in [0.29, 0.717) is 16.7 Å². The smallest absolute Gasteiger partial charge is 0.283 e. The molecular formula is C19H13ClN4O2. The second-order valence-corrected chi connectivity index (χ2v) is 6.54. The Morgan fingerprint density at radius 1 is 1.04 bits per heavy atom. The van der Waals surface area contributed by atoms with Gasteiger partial charge in [0.25, 0.3) is 6.02 Å². The van der Waals surface area contributed by atoms with Crippen molar-refractivity contribution in [1.82, 2.24) is 9.97 Å². The van der Waals surface area contributed by atoms with Crippen LogP contribution in [0.5, 0.6) is 11.5 Å². The average Bonchev–Trinajstić information content (AvgIpc) is 3.04. The highest BCUT2D eigenvalue weighted by Crippen LogP contribution is 2.51. The maximum Gasteiger partial charge on any atom is 0.283 e. The standard InChI is InChI=1S/C19H13ClN4O2/c20-17-7-16-14(9-23-17)19(10-25-18(21)24-19)13-6-11(3-4-15(13)26-16)12-2-1-5-22-8-12/h1-9H,10H2,(H2,21,24). The first kappa shape index (κ1) is 15.2. The van der Waals surface area contributed by atoms with Gasteiger partial charge in [-0.25, -0.2) is 9.98 Å². The summed E-state index contributed by atoms with van der Waals surface area (Å²) in [6, 6.07) is 11.7. The van der Waals surface area contributed by atoms with Crippen LogP contribution in [-0.4, -0.2) is 22.6 Å². The van der Waals surface area contributed by atoms with Gasteiger partial charge in [0.1, 0.15) is 23.3 Å². The third-order valence-electron chi connectivity index (χ3n) is 4.65. The molecule has 2 aliphatic heterocycles. The molecule has 2 N–H and O–H groups in total. The Balaban J connectivity index is 1.75. The third kappa shape index (κ3) is 2.16. The van der Waals surface area contributed by atoms with Gasteiger partial charge in [-0.15, -0.1) is 0 Å². The summed E-state index contributed by atoms with van der Waals surface area (Å²) in [7, 11) is 0. The molecule has 2 aromatic heterocycles. The first-order valence-corrected chi connectivity index (χ1v) is 8.40. The predicted octanol–water partition coefficient (Wildman–Crippen LogP) is 3.49. The lowest BCUT2D eigenvalue weighted by atomic mass is 9.81. The zero-order valence-electron chi connectivity index (χ0n) is 13.5. The molecule has 0 bridgehead atoms. The van der Waals surface area contributed by atoms with E-state index in [1.54, 1.807) is 18.5 Å². The van der Waals surface area contributed by atoms with Crippen molar-refractivity contribution in [2.24, 2.45) is 10.7 Å². The van der Waals surface area contributed by atoms with Crippen molar-refractivity contribution in [3.63, 3.8) is 0 Å². The lowest BCUT2D eigenvalue weighted by Crippen LogP contribution is -2.31. The van der Waals surface area contributed by atoms with E-state index in [-0.39, 0.29) is 12.6 Å². The maximum absolute atomic E-state index is 6.07. The van der Waals surface area contributed by atoms with Crippen molar-refractivity contribution >= 4 is 17.6 Å². The normalized spacial score (nSPS) is 20.0. The van der Waals surface area contributed by atoms with Crippen LogP contribution in [-0.2, 0) is 10.3 Å². The van der Waals surface area contributed by atoms with Crippen molar-refractivity contribution in [3.05, 3.63) is 71.3 Å². The lowest BCUT2D eigenvalue weighted by Gasteiger charge is -2.33. The molecule has 1 spiro atoms. The molecular weight excluding hydrogens is 352 g/mol. The zero-order valence-corrected chi connectivity index (χ0v) is 14.3. The number of aliphatic imine (C=N–C) groups is 1. The van der Waals surface area contributed by atoms with Gasteiger partial charge in [-0.1, -0.05) is 23.7 Å². The fourth-order valence-electron chi connectivity index (χ4n) is 3.43. The third-order valence-corrected chi connectivity index (χ3v) is 4.85. The monoisotopic (exact) mass is 364 g/mol. The van der Waals surface area contributed by atoms with Gasteiger partial charge < -0.3 is 15.2 Å². The maximum atomic E-state index is 6.07. The summed E-state index contributed by atoms with van der Waals surface area (Å²) < 4.78 is 11.6. The number of fused-ring (bicyclic) bond motifs is 4. The number of ether oxygens (including phenoxy) is 2. The number of hydrogen-bond acceptors (Lipinski definition) is 6. The molecule has 1 aromatic carbocycles. The fraction of sp³-hybridized carbons (Fsp3) is 0.105. The first-order chi connectivity index (χ1) is 12.7. The van der Waals surface area contributed by atoms with Crippen molar-refractivity contribution in [3.8, 4) is 22.6 Å². The Hall–Kier alpha value is -3.12. The summed E-state index contributed by atoms with van der Waals surface area (Å²) in [5.74, 6) is 1.29. The number of hydrogen-bond donors (Lipinski definition) is 1. The van der Waals surface area contributed by atoms with Crippen molar-refractivity contribution in [1.29, 1.82) is 0 Å². The summed E-state index contributed by atoms with van der Waals surface area (Å²) in [5, 5.41) is 0.352. The molecule has 0 fully saturated rings. The predicted molar refractivity (Wildman–Crippen MR) is 97.3 cm³/mol. The van der Waals surface area contributed by atoms with Gasteiger partial charge in [0, 0.05) is 41.3 Å². The van der Waals surface area contributed by atoms with E-state index < -0.39 is 5.54 Å². The van der Waals surface area contributed by atoms with Crippen LogP contribution < -0.4 is 10.5 Å². The average molecular weight is 365 g/mol. The number of halogens is 1. The van der Waals surface area contributed by atoms with Crippen LogP contribution >= 0.6 is 11.6 Å². The SMILES string of the molecule is NC1=NC2(CO1)c1cnc(Cl)cc1Oc1ccc(-c3cccnc3)cc12. The van der Waals surface area contributed by atoms with E-state index in [0.717, 1.165) is 22.3 Å². The second-order valence-electron chi connectivity index (χ2n) is 6.16. The first-order valence-electron chi connectivity index (χ1n) is 8.03. The van der Waals surface area contributed by atoms with Gasteiger partial charge in [0.15, 0.2) is 5.54 Å². The Morgan fingerprint density at radius 2 is 1.96 bits per heavy atom. The van der Waals surface area contributed by atoms with Gasteiger partial charge in [0.2, 0.25) is 0 Å². The van der Waals surface area contributed by atoms with Gasteiger partial charge in [-0.05, 0) is 23.8 Å². The van der Waals surface area contributed by atoms with E-state index in [9.17, 15) is 0 Å². The topological polar surface area (TPSA) is 82.6 Å². The number of nitrogens with two attached hydrogens (primary N) is 1. The molecule has 26 heavy (non-hydrogen) atoms. The molecule has 0 saturated heterocycles. The molecule has 1 atom stereocenters. The largest absolute Gasteiger partial charge is 0.462 e.